The first kappa shape index (κ1) is 15.6. The third kappa shape index (κ3) is 6.03. The van der Waals surface area contributed by atoms with Crippen molar-refractivity contribution < 1.29 is 14.6 Å². The van der Waals surface area contributed by atoms with Gasteiger partial charge >= 0.3 is 5.97 Å². The molecule has 0 bridgehead atoms. The van der Waals surface area contributed by atoms with Gasteiger partial charge in [-0.2, -0.15) is 0 Å². The minimum atomic E-state index is -1.83. The van der Waals surface area contributed by atoms with Crippen molar-refractivity contribution in [3.05, 3.63) is 0 Å². The molecule has 90 valence electrons. The number of aliphatic hydroxyl groups is 1. The average molecular weight is 298 g/mol. The van der Waals surface area contributed by atoms with Gasteiger partial charge in [0.05, 0.1) is 6.61 Å². The maximum absolute atomic E-state index is 11.4. The molecule has 1 N–H and O–H groups in total. The van der Waals surface area contributed by atoms with Crippen molar-refractivity contribution in [2.45, 2.75) is 35.0 Å². The maximum atomic E-state index is 11.4. The number of alkyl halides is 4. The summed E-state index contributed by atoms with van der Waals surface area (Å²) < 4.78 is 4.69. The zero-order chi connectivity index (χ0) is 12.1. The summed E-state index contributed by atoms with van der Waals surface area (Å²) in [6.45, 7) is 1.77. The summed E-state index contributed by atoms with van der Waals surface area (Å²) in [5, 5.41) is 9.94. The van der Waals surface area contributed by atoms with Crippen molar-refractivity contribution in [2.75, 3.05) is 6.61 Å². The summed E-state index contributed by atoms with van der Waals surface area (Å²) in [5.41, 5.74) is -1.83. The summed E-state index contributed by atoms with van der Waals surface area (Å²) in [6.07, 6.45) is -0.351. The van der Waals surface area contributed by atoms with E-state index < -0.39 is 21.2 Å². The molecule has 0 aliphatic rings. The highest BCUT2D eigenvalue weighted by Gasteiger charge is 2.40. The topological polar surface area (TPSA) is 46.5 Å². The minimum Gasteiger partial charge on any atom is -0.464 e. The van der Waals surface area contributed by atoms with E-state index in [1.807, 2.05) is 0 Å². The van der Waals surface area contributed by atoms with Gasteiger partial charge in [-0.3, -0.25) is 0 Å². The van der Waals surface area contributed by atoms with E-state index in [1.165, 1.54) is 0 Å². The Morgan fingerprint density at radius 1 is 1.27 bits per heavy atom. The number of esters is 1. The molecule has 0 aromatic rings. The fourth-order valence-corrected chi connectivity index (χ4v) is 2.05. The van der Waals surface area contributed by atoms with Crippen molar-refractivity contribution >= 4 is 52.4 Å². The molecule has 0 amide bonds. The maximum Gasteiger partial charge on any atom is 0.338 e. The monoisotopic (exact) mass is 296 g/mol. The summed E-state index contributed by atoms with van der Waals surface area (Å²) in [4.78, 5) is 9.64. The number of ether oxygens (including phenoxy) is 1. The van der Waals surface area contributed by atoms with Crippen LogP contribution in [-0.2, 0) is 9.53 Å². The van der Waals surface area contributed by atoms with Crippen LogP contribution in [0.15, 0.2) is 0 Å². The van der Waals surface area contributed by atoms with Gasteiger partial charge in [0.2, 0.25) is 0 Å². The zero-order valence-corrected chi connectivity index (χ0v) is 11.1. The number of hydrogen-bond donors (Lipinski definition) is 1. The predicted molar refractivity (Wildman–Crippen MR) is 61.8 cm³/mol. The van der Waals surface area contributed by atoms with E-state index in [2.05, 4.69) is 4.74 Å². The lowest BCUT2D eigenvalue weighted by Gasteiger charge is -2.26. The molecule has 0 saturated carbocycles. The van der Waals surface area contributed by atoms with Gasteiger partial charge in [0.1, 0.15) is 9.67 Å². The summed E-state index contributed by atoms with van der Waals surface area (Å²) in [5.74, 6) is -0.817. The van der Waals surface area contributed by atoms with E-state index in [4.69, 9.17) is 46.4 Å². The van der Waals surface area contributed by atoms with Gasteiger partial charge < -0.3 is 9.84 Å². The van der Waals surface area contributed by atoms with Crippen molar-refractivity contribution in [1.82, 2.24) is 0 Å². The molecule has 3 nitrogen and oxygen atoms in total. The lowest BCUT2D eigenvalue weighted by Crippen LogP contribution is -2.43. The highest BCUT2D eigenvalue weighted by molar-refractivity contribution is 6.45. The van der Waals surface area contributed by atoms with Crippen molar-refractivity contribution in [1.29, 1.82) is 0 Å². The molecule has 0 spiro atoms. The van der Waals surface area contributed by atoms with Crippen LogP contribution in [0.3, 0.4) is 0 Å². The minimum absolute atomic E-state index is 0.144. The van der Waals surface area contributed by atoms with Crippen molar-refractivity contribution in [2.24, 2.45) is 0 Å². The molecule has 0 radical (unpaired) electrons. The van der Waals surface area contributed by atoms with Crippen LogP contribution in [0.2, 0.25) is 0 Å². The zero-order valence-electron chi connectivity index (χ0n) is 8.05. The average Bonchev–Trinajstić information content (AvgIpc) is 2.01. The molecule has 15 heavy (non-hydrogen) atoms. The number of rotatable bonds is 6. The normalized spacial score (nSPS) is 12.3. The van der Waals surface area contributed by atoms with Crippen LogP contribution in [0, 0.1) is 0 Å². The van der Waals surface area contributed by atoms with Gasteiger partial charge in [0, 0.05) is 12.8 Å². The Morgan fingerprint density at radius 2 is 1.67 bits per heavy atom. The Balaban J connectivity index is 4.60. The molecule has 0 fully saturated rings. The highest BCUT2D eigenvalue weighted by Crippen LogP contribution is 2.28. The Bertz CT molecular complexity index is 198. The van der Waals surface area contributed by atoms with Gasteiger partial charge in [0.15, 0.2) is 5.60 Å². The van der Waals surface area contributed by atoms with Gasteiger partial charge in [-0.1, -0.05) is 0 Å². The second kappa shape index (κ2) is 7.02. The third-order valence-electron chi connectivity index (χ3n) is 1.64. The van der Waals surface area contributed by atoms with Crippen LogP contribution < -0.4 is 0 Å². The second-order valence-corrected chi connectivity index (χ2v) is 5.50. The van der Waals surface area contributed by atoms with E-state index in [-0.39, 0.29) is 19.4 Å². The number of halogens is 4. The first-order valence-corrected chi connectivity index (χ1v) is 6.02. The summed E-state index contributed by atoms with van der Waals surface area (Å²) in [6, 6.07) is 0. The highest BCUT2D eigenvalue weighted by atomic mass is 35.5. The van der Waals surface area contributed by atoms with E-state index in [9.17, 15) is 9.90 Å². The smallest absolute Gasteiger partial charge is 0.338 e. The SMILES string of the molecule is CCOC(=O)C(O)(CC(Cl)Cl)CC(Cl)Cl. The Kier molecular flexibility index (Phi) is 7.30. The van der Waals surface area contributed by atoms with Gasteiger partial charge in [-0.25, -0.2) is 4.79 Å². The molecular weight excluding hydrogens is 286 g/mol. The lowest BCUT2D eigenvalue weighted by atomic mass is 9.97. The van der Waals surface area contributed by atoms with Crippen LogP contribution in [0.5, 0.6) is 0 Å². The number of carbonyl (C=O) groups excluding carboxylic acids is 1. The molecule has 0 aliphatic heterocycles. The van der Waals surface area contributed by atoms with Gasteiger partial charge in [0.25, 0.3) is 0 Å². The standard InChI is InChI=1S/C8H12Cl4O3/c1-2-15-7(13)8(14,3-5(9)10)4-6(11)12/h5-6,14H,2-4H2,1H3. The summed E-state index contributed by atoms with van der Waals surface area (Å²) in [7, 11) is 0. The van der Waals surface area contributed by atoms with E-state index in [1.54, 1.807) is 6.92 Å². The quantitative estimate of drug-likeness (QED) is 0.606. The largest absolute Gasteiger partial charge is 0.464 e. The van der Waals surface area contributed by atoms with Crippen LogP contribution in [0.4, 0.5) is 0 Å². The fraction of sp³-hybridized carbons (Fsp3) is 0.875. The molecule has 0 atom stereocenters. The second-order valence-electron chi connectivity index (χ2n) is 2.94. The first-order valence-electron chi connectivity index (χ1n) is 4.27. The lowest BCUT2D eigenvalue weighted by molar-refractivity contribution is -0.166. The van der Waals surface area contributed by atoms with Crippen LogP contribution in [-0.4, -0.2) is 33.0 Å². The van der Waals surface area contributed by atoms with Crippen molar-refractivity contribution in [3.8, 4) is 0 Å². The summed E-state index contributed by atoms with van der Waals surface area (Å²) >= 11 is 22.0. The molecule has 7 heteroatoms. The van der Waals surface area contributed by atoms with Crippen molar-refractivity contribution in [3.63, 3.8) is 0 Å². The molecule has 0 heterocycles. The Hall–Kier alpha value is 0.590. The third-order valence-corrected chi connectivity index (χ3v) is 2.26. The van der Waals surface area contributed by atoms with Crippen LogP contribution in [0.1, 0.15) is 19.8 Å². The number of carbonyl (C=O) groups is 1. The molecule has 0 rings (SSSR count). The molecule has 0 unspecified atom stereocenters. The fourth-order valence-electron chi connectivity index (χ4n) is 1.03. The molecule has 0 aromatic heterocycles. The Labute approximate surface area is 109 Å². The molecular formula is C8H12Cl4O3. The van der Waals surface area contributed by atoms with Gasteiger partial charge in [-0.05, 0) is 6.92 Å². The molecule has 0 aliphatic carbocycles. The van der Waals surface area contributed by atoms with Crippen LogP contribution >= 0.6 is 46.4 Å². The van der Waals surface area contributed by atoms with E-state index >= 15 is 0 Å². The molecule has 0 saturated heterocycles. The van der Waals surface area contributed by atoms with E-state index in [0.717, 1.165) is 0 Å². The Morgan fingerprint density at radius 3 is 1.93 bits per heavy atom. The first-order chi connectivity index (χ1) is 6.81. The molecule has 0 aromatic carbocycles. The van der Waals surface area contributed by atoms with E-state index in [0.29, 0.717) is 0 Å². The van der Waals surface area contributed by atoms with Gasteiger partial charge in [-0.15, -0.1) is 46.4 Å². The van der Waals surface area contributed by atoms with Crippen LogP contribution in [0.25, 0.3) is 0 Å². The predicted octanol–water partition coefficient (Wildman–Crippen LogP) is 2.67. The number of hydrogen-bond acceptors (Lipinski definition) is 3.